The molecule has 0 atom stereocenters. The Morgan fingerprint density at radius 1 is 1.00 bits per heavy atom. The van der Waals surface area contributed by atoms with E-state index in [9.17, 15) is 0 Å². The molecule has 2 aromatic carbocycles. The van der Waals surface area contributed by atoms with Crippen molar-refractivity contribution in [2.45, 2.75) is 6.92 Å². The van der Waals surface area contributed by atoms with Gasteiger partial charge < -0.3 is 0 Å². The van der Waals surface area contributed by atoms with Gasteiger partial charge in [-0.25, -0.2) is 0 Å². The maximum absolute atomic E-state index is 4.34. The summed E-state index contributed by atoms with van der Waals surface area (Å²) in [4.78, 5) is 4.34. The second kappa shape index (κ2) is 2.80. The summed E-state index contributed by atoms with van der Waals surface area (Å²) in [7, 11) is 0. The van der Waals surface area contributed by atoms with Crippen molar-refractivity contribution < 1.29 is 0 Å². The average Bonchev–Trinajstić information content (AvgIpc) is 2.25. The maximum atomic E-state index is 4.34. The van der Waals surface area contributed by atoms with Gasteiger partial charge in [0.1, 0.15) is 0 Å². The quantitative estimate of drug-likeness (QED) is 0.535. The predicted molar refractivity (Wildman–Crippen MR) is 64.7 cm³/mol. The van der Waals surface area contributed by atoms with E-state index >= 15 is 0 Å². The van der Waals surface area contributed by atoms with Crippen LogP contribution < -0.4 is 5.35 Å². The minimum atomic E-state index is 0.872. The van der Waals surface area contributed by atoms with Gasteiger partial charge in [-0.2, -0.15) is 0 Å². The van der Waals surface area contributed by atoms with Crippen molar-refractivity contribution in [3.63, 3.8) is 0 Å². The summed E-state index contributed by atoms with van der Waals surface area (Å²) >= 11 is 0. The van der Waals surface area contributed by atoms with Crippen molar-refractivity contribution in [1.82, 2.24) is 4.98 Å². The fourth-order valence-electron chi connectivity index (χ4n) is 2.20. The van der Waals surface area contributed by atoms with Gasteiger partial charge in [-0.1, -0.05) is 36.9 Å². The number of hydrogen-bond acceptors (Lipinski definition) is 1. The summed E-state index contributed by atoms with van der Waals surface area (Å²) in [6, 6.07) is 10.6. The zero-order valence-electron chi connectivity index (χ0n) is 8.62. The second-order valence-corrected chi connectivity index (χ2v) is 3.91. The Hall–Kier alpha value is -1.89. The summed E-state index contributed by atoms with van der Waals surface area (Å²) in [6.07, 6.45) is 1.90. The van der Waals surface area contributed by atoms with Crippen molar-refractivity contribution >= 4 is 28.1 Å². The van der Waals surface area contributed by atoms with Gasteiger partial charge in [0, 0.05) is 22.4 Å². The zero-order chi connectivity index (χ0) is 10.4. The number of pyridine rings is 1. The van der Waals surface area contributed by atoms with Gasteiger partial charge >= 0.3 is 0 Å². The first-order chi connectivity index (χ1) is 7.27. The summed E-state index contributed by atoms with van der Waals surface area (Å²) in [6.45, 7) is 6.11. The van der Waals surface area contributed by atoms with Crippen LogP contribution in [0.3, 0.4) is 0 Å². The molecule has 0 unspecified atom stereocenters. The van der Waals surface area contributed by atoms with Gasteiger partial charge in [0.2, 0.25) is 0 Å². The summed E-state index contributed by atoms with van der Waals surface area (Å²) in [5.74, 6) is 0. The SMILES string of the molecule is C=c1ncc2cccc3ccc(C)c1c32. The Morgan fingerprint density at radius 3 is 2.67 bits per heavy atom. The van der Waals surface area contributed by atoms with E-state index in [1.54, 1.807) is 0 Å². The molecule has 1 heteroatoms. The zero-order valence-corrected chi connectivity index (χ0v) is 8.62. The van der Waals surface area contributed by atoms with E-state index in [4.69, 9.17) is 0 Å². The number of benzene rings is 2. The van der Waals surface area contributed by atoms with E-state index in [2.05, 4.69) is 48.8 Å². The van der Waals surface area contributed by atoms with Crippen LogP contribution in [0.5, 0.6) is 0 Å². The molecular weight excluding hydrogens is 182 g/mol. The monoisotopic (exact) mass is 193 g/mol. The van der Waals surface area contributed by atoms with E-state index < -0.39 is 0 Å². The topological polar surface area (TPSA) is 12.9 Å². The van der Waals surface area contributed by atoms with Crippen LogP contribution in [0.15, 0.2) is 36.5 Å². The lowest BCUT2D eigenvalue weighted by Crippen LogP contribution is -2.06. The highest BCUT2D eigenvalue weighted by Gasteiger charge is 2.04. The number of hydrogen-bond donors (Lipinski definition) is 0. The largest absolute Gasteiger partial charge is 0.256 e. The first-order valence-corrected chi connectivity index (χ1v) is 5.03. The molecule has 0 fully saturated rings. The minimum absolute atomic E-state index is 0.872. The number of aromatic nitrogens is 1. The van der Waals surface area contributed by atoms with Gasteiger partial charge in [-0.3, -0.25) is 4.98 Å². The van der Waals surface area contributed by atoms with Crippen LogP contribution in [0, 0.1) is 6.92 Å². The first-order valence-electron chi connectivity index (χ1n) is 5.03. The molecule has 3 rings (SSSR count). The van der Waals surface area contributed by atoms with Crippen molar-refractivity contribution in [1.29, 1.82) is 0 Å². The third-order valence-electron chi connectivity index (χ3n) is 2.93. The molecule has 0 saturated carbocycles. The smallest absolute Gasteiger partial charge is 0.0639 e. The Labute approximate surface area is 88.0 Å². The van der Waals surface area contributed by atoms with E-state index in [0.29, 0.717) is 0 Å². The molecule has 1 heterocycles. The average molecular weight is 193 g/mol. The Balaban J connectivity index is 2.79. The highest BCUT2D eigenvalue weighted by Crippen LogP contribution is 2.25. The summed E-state index contributed by atoms with van der Waals surface area (Å²) in [5.41, 5.74) is 1.25. The minimum Gasteiger partial charge on any atom is -0.256 e. The number of rotatable bonds is 0. The second-order valence-electron chi connectivity index (χ2n) is 3.91. The van der Waals surface area contributed by atoms with Gasteiger partial charge in [0.05, 0.1) is 5.35 Å². The Bertz CT molecular complexity index is 682. The lowest BCUT2D eigenvalue weighted by molar-refractivity contribution is 1.30. The predicted octanol–water partition coefficient (Wildman–Crippen LogP) is 2.83. The third kappa shape index (κ3) is 1.06. The van der Waals surface area contributed by atoms with E-state index in [1.807, 2.05) is 6.20 Å². The van der Waals surface area contributed by atoms with Crippen LogP contribution >= 0.6 is 0 Å². The Kier molecular flexibility index (Phi) is 1.57. The molecule has 72 valence electrons. The van der Waals surface area contributed by atoms with Gasteiger partial charge in [-0.05, 0) is 17.9 Å². The first kappa shape index (κ1) is 8.42. The molecule has 3 aromatic rings. The molecule has 1 nitrogen and oxygen atoms in total. The molecular formula is C14H11N. The van der Waals surface area contributed by atoms with E-state index in [0.717, 1.165) is 5.35 Å². The highest BCUT2D eigenvalue weighted by molar-refractivity contribution is 6.10. The van der Waals surface area contributed by atoms with Crippen LogP contribution in [0.25, 0.3) is 28.1 Å². The van der Waals surface area contributed by atoms with Crippen molar-refractivity contribution in [2.24, 2.45) is 0 Å². The van der Waals surface area contributed by atoms with Gasteiger partial charge in [-0.15, -0.1) is 0 Å². The van der Waals surface area contributed by atoms with Crippen molar-refractivity contribution in [3.8, 4) is 0 Å². The standard InChI is InChI=1S/C14H11N/c1-9-6-7-11-4-3-5-12-8-15-10(2)13(9)14(11)12/h3-8H,2H2,1H3. The van der Waals surface area contributed by atoms with Crippen LogP contribution in [0.2, 0.25) is 0 Å². The van der Waals surface area contributed by atoms with Crippen LogP contribution in [-0.4, -0.2) is 4.98 Å². The van der Waals surface area contributed by atoms with Gasteiger partial charge in [0.15, 0.2) is 0 Å². The lowest BCUT2D eigenvalue weighted by atomic mass is 9.99. The van der Waals surface area contributed by atoms with E-state index in [-0.39, 0.29) is 0 Å². The molecule has 0 N–H and O–H groups in total. The molecule has 0 amide bonds. The fourth-order valence-corrected chi connectivity index (χ4v) is 2.20. The summed E-state index contributed by atoms with van der Waals surface area (Å²) in [5, 5.41) is 5.82. The molecule has 0 saturated heterocycles. The molecule has 0 aliphatic heterocycles. The molecule has 0 radical (unpaired) electrons. The van der Waals surface area contributed by atoms with Crippen molar-refractivity contribution in [3.05, 3.63) is 47.4 Å². The molecule has 0 bridgehead atoms. The number of aryl methyl sites for hydroxylation is 1. The lowest BCUT2D eigenvalue weighted by Gasteiger charge is -2.07. The fraction of sp³-hybridized carbons (Fsp3) is 0.0714. The highest BCUT2D eigenvalue weighted by atomic mass is 14.6. The van der Waals surface area contributed by atoms with Crippen LogP contribution in [-0.2, 0) is 0 Å². The van der Waals surface area contributed by atoms with Crippen LogP contribution in [0.4, 0.5) is 0 Å². The number of nitrogens with zero attached hydrogens (tertiary/aromatic N) is 1. The van der Waals surface area contributed by atoms with Crippen LogP contribution in [0.1, 0.15) is 5.56 Å². The third-order valence-corrected chi connectivity index (χ3v) is 2.93. The summed E-state index contributed by atoms with van der Waals surface area (Å²) < 4.78 is 0. The van der Waals surface area contributed by atoms with Crippen molar-refractivity contribution in [2.75, 3.05) is 0 Å². The van der Waals surface area contributed by atoms with E-state index in [1.165, 1.54) is 27.1 Å². The molecule has 0 aliphatic carbocycles. The molecule has 0 aliphatic rings. The molecule has 0 spiro atoms. The molecule has 15 heavy (non-hydrogen) atoms. The van der Waals surface area contributed by atoms with Gasteiger partial charge in [0.25, 0.3) is 0 Å². The maximum Gasteiger partial charge on any atom is 0.0639 e. The normalized spacial score (nSPS) is 11.3. The Morgan fingerprint density at radius 2 is 1.80 bits per heavy atom. The molecule has 1 aromatic heterocycles.